The fourth-order valence-corrected chi connectivity index (χ4v) is 1.73. The Kier molecular flexibility index (Phi) is 3.59. The van der Waals surface area contributed by atoms with E-state index in [2.05, 4.69) is 21.2 Å². The van der Waals surface area contributed by atoms with Crippen LogP contribution in [0, 0.1) is 0 Å². The zero-order valence-corrected chi connectivity index (χ0v) is 9.79. The third-order valence-corrected chi connectivity index (χ3v) is 2.96. The van der Waals surface area contributed by atoms with Crippen molar-refractivity contribution >= 4 is 50.7 Å². The molecular weight excluding hydrogens is 277 g/mol. The summed E-state index contributed by atoms with van der Waals surface area (Å²) in [5, 5.41) is 3.44. The standard InChI is InChI=1S/C8H6BrCl2NO/c1-4(13)12-5-2-6(9)8(11)7(10)3-5/h2-3H,1H3,(H,12,13). The molecule has 5 heteroatoms. The van der Waals surface area contributed by atoms with Gasteiger partial charge in [-0.3, -0.25) is 4.79 Å². The predicted octanol–water partition coefficient (Wildman–Crippen LogP) is 3.71. The number of anilines is 1. The van der Waals surface area contributed by atoms with Crippen LogP contribution in [0.3, 0.4) is 0 Å². The van der Waals surface area contributed by atoms with Crippen LogP contribution >= 0.6 is 39.1 Å². The van der Waals surface area contributed by atoms with Crippen LogP contribution < -0.4 is 5.32 Å². The molecule has 0 bridgehead atoms. The Morgan fingerprint density at radius 3 is 2.54 bits per heavy atom. The van der Waals surface area contributed by atoms with Crippen molar-refractivity contribution in [1.82, 2.24) is 0 Å². The molecule has 0 aliphatic carbocycles. The number of hydrogen-bond donors (Lipinski definition) is 1. The van der Waals surface area contributed by atoms with E-state index in [-0.39, 0.29) is 5.91 Å². The maximum Gasteiger partial charge on any atom is 0.221 e. The van der Waals surface area contributed by atoms with E-state index >= 15 is 0 Å². The zero-order valence-electron chi connectivity index (χ0n) is 6.70. The fourth-order valence-electron chi connectivity index (χ4n) is 0.831. The molecule has 0 heterocycles. The lowest BCUT2D eigenvalue weighted by atomic mass is 10.3. The second-order valence-electron chi connectivity index (χ2n) is 2.44. The minimum absolute atomic E-state index is 0.148. The lowest BCUT2D eigenvalue weighted by Crippen LogP contribution is -2.05. The van der Waals surface area contributed by atoms with Gasteiger partial charge in [0, 0.05) is 17.1 Å². The molecule has 0 aliphatic heterocycles. The Morgan fingerprint density at radius 1 is 1.46 bits per heavy atom. The van der Waals surface area contributed by atoms with Gasteiger partial charge in [0.15, 0.2) is 0 Å². The number of carbonyl (C=O) groups is 1. The van der Waals surface area contributed by atoms with E-state index < -0.39 is 0 Å². The summed E-state index contributed by atoms with van der Waals surface area (Å²) in [5.41, 5.74) is 0.619. The molecule has 0 fully saturated rings. The Balaban J connectivity index is 3.06. The van der Waals surface area contributed by atoms with Crippen molar-refractivity contribution in [2.75, 3.05) is 5.32 Å². The molecule has 2 nitrogen and oxygen atoms in total. The van der Waals surface area contributed by atoms with Crippen LogP contribution in [0.4, 0.5) is 5.69 Å². The second kappa shape index (κ2) is 4.31. The van der Waals surface area contributed by atoms with Crippen molar-refractivity contribution in [3.05, 3.63) is 26.7 Å². The highest BCUT2D eigenvalue weighted by Gasteiger charge is 2.05. The Hall–Kier alpha value is -0.250. The number of hydrogen-bond acceptors (Lipinski definition) is 1. The molecule has 0 atom stereocenters. The fraction of sp³-hybridized carbons (Fsp3) is 0.125. The van der Waals surface area contributed by atoms with Gasteiger partial charge < -0.3 is 5.32 Å². The van der Waals surface area contributed by atoms with E-state index in [4.69, 9.17) is 23.2 Å². The van der Waals surface area contributed by atoms with Crippen molar-refractivity contribution in [3.8, 4) is 0 Å². The van der Waals surface area contributed by atoms with Crippen molar-refractivity contribution in [2.24, 2.45) is 0 Å². The molecule has 1 aromatic carbocycles. The SMILES string of the molecule is CC(=O)Nc1cc(Cl)c(Cl)c(Br)c1. The van der Waals surface area contributed by atoms with Crippen molar-refractivity contribution in [3.63, 3.8) is 0 Å². The molecule has 1 N–H and O–H groups in total. The average molecular weight is 283 g/mol. The highest BCUT2D eigenvalue weighted by Crippen LogP contribution is 2.33. The molecule has 0 spiro atoms. The summed E-state index contributed by atoms with van der Waals surface area (Å²) in [6.07, 6.45) is 0. The second-order valence-corrected chi connectivity index (χ2v) is 4.07. The van der Waals surface area contributed by atoms with Crippen LogP contribution in [0.5, 0.6) is 0 Å². The maximum atomic E-state index is 10.7. The number of benzene rings is 1. The average Bonchev–Trinajstić information content (AvgIpc) is 1.98. The molecule has 0 aliphatic rings. The molecule has 1 aromatic rings. The number of rotatable bonds is 1. The van der Waals surface area contributed by atoms with E-state index in [0.717, 1.165) is 0 Å². The van der Waals surface area contributed by atoms with Gasteiger partial charge in [0.05, 0.1) is 10.0 Å². The van der Waals surface area contributed by atoms with Gasteiger partial charge in [-0.05, 0) is 28.1 Å². The van der Waals surface area contributed by atoms with Gasteiger partial charge in [-0.15, -0.1) is 0 Å². The molecule has 0 unspecified atom stereocenters. The van der Waals surface area contributed by atoms with Crippen LogP contribution in [0.25, 0.3) is 0 Å². The molecule has 0 aromatic heterocycles. The molecule has 70 valence electrons. The normalized spacial score (nSPS) is 9.85. The summed E-state index contributed by atoms with van der Waals surface area (Å²) in [6, 6.07) is 3.28. The van der Waals surface area contributed by atoms with Crippen molar-refractivity contribution in [2.45, 2.75) is 6.92 Å². The summed E-state index contributed by atoms with van der Waals surface area (Å²) in [6.45, 7) is 1.43. The Labute approximate surface area is 94.3 Å². The largest absolute Gasteiger partial charge is 0.326 e. The first-order valence-electron chi connectivity index (χ1n) is 3.43. The van der Waals surface area contributed by atoms with Gasteiger partial charge in [-0.1, -0.05) is 23.2 Å². The van der Waals surface area contributed by atoms with Crippen molar-refractivity contribution in [1.29, 1.82) is 0 Å². The quantitative estimate of drug-likeness (QED) is 0.782. The first-order chi connectivity index (χ1) is 6.00. The monoisotopic (exact) mass is 281 g/mol. The van der Waals surface area contributed by atoms with E-state index in [0.29, 0.717) is 20.2 Å². The third-order valence-electron chi connectivity index (χ3n) is 1.30. The van der Waals surface area contributed by atoms with Gasteiger partial charge in [-0.2, -0.15) is 0 Å². The van der Waals surface area contributed by atoms with Crippen LogP contribution in [-0.4, -0.2) is 5.91 Å². The minimum atomic E-state index is -0.148. The van der Waals surface area contributed by atoms with Gasteiger partial charge >= 0.3 is 0 Å². The molecular formula is C8H6BrCl2NO. The Morgan fingerprint density at radius 2 is 2.08 bits per heavy atom. The van der Waals surface area contributed by atoms with E-state index in [1.807, 2.05) is 0 Å². The summed E-state index contributed by atoms with van der Waals surface area (Å²) >= 11 is 14.8. The highest BCUT2D eigenvalue weighted by atomic mass is 79.9. The lowest BCUT2D eigenvalue weighted by molar-refractivity contribution is -0.114. The summed E-state index contributed by atoms with van der Waals surface area (Å²) in [4.78, 5) is 10.7. The minimum Gasteiger partial charge on any atom is -0.326 e. The highest BCUT2D eigenvalue weighted by molar-refractivity contribution is 9.10. The number of halogens is 3. The zero-order chi connectivity index (χ0) is 10.0. The van der Waals surface area contributed by atoms with Gasteiger partial charge in [-0.25, -0.2) is 0 Å². The smallest absolute Gasteiger partial charge is 0.221 e. The summed E-state index contributed by atoms with van der Waals surface area (Å²) in [7, 11) is 0. The van der Waals surface area contributed by atoms with Gasteiger partial charge in [0.25, 0.3) is 0 Å². The number of carbonyl (C=O) groups excluding carboxylic acids is 1. The van der Waals surface area contributed by atoms with Gasteiger partial charge in [0.2, 0.25) is 5.91 Å². The number of nitrogens with one attached hydrogen (secondary N) is 1. The van der Waals surface area contributed by atoms with Gasteiger partial charge in [0.1, 0.15) is 0 Å². The topological polar surface area (TPSA) is 29.1 Å². The van der Waals surface area contributed by atoms with Crippen LogP contribution in [0.2, 0.25) is 10.0 Å². The molecule has 1 rings (SSSR count). The number of amides is 1. The molecule has 13 heavy (non-hydrogen) atoms. The van der Waals surface area contributed by atoms with E-state index in [9.17, 15) is 4.79 Å². The van der Waals surface area contributed by atoms with Crippen LogP contribution in [0.15, 0.2) is 16.6 Å². The third kappa shape index (κ3) is 2.86. The predicted molar refractivity (Wildman–Crippen MR) is 58.5 cm³/mol. The van der Waals surface area contributed by atoms with Crippen LogP contribution in [0.1, 0.15) is 6.92 Å². The molecule has 0 saturated heterocycles. The molecule has 0 radical (unpaired) electrons. The van der Waals surface area contributed by atoms with E-state index in [1.54, 1.807) is 12.1 Å². The van der Waals surface area contributed by atoms with E-state index in [1.165, 1.54) is 6.92 Å². The first kappa shape index (κ1) is 10.8. The Bertz CT molecular complexity index is 331. The lowest BCUT2D eigenvalue weighted by Gasteiger charge is -2.05. The summed E-state index contributed by atoms with van der Waals surface area (Å²) < 4.78 is 0.658. The summed E-state index contributed by atoms with van der Waals surface area (Å²) in [5.74, 6) is -0.148. The maximum absolute atomic E-state index is 10.7. The first-order valence-corrected chi connectivity index (χ1v) is 4.97. The molecule has 0 saturated carbocycles. The molecule has 1 amide bonds. The van der Waals surface area contributed by atoms with Crippen LogP contribution in [-0.2, 0) is 4.79 Å². The van der Waals surface area contributed by atoms with Crippen molar-refractivity contribution < 1.29 is 4.79 Å².